The number of urea groups is 1. The zero-order valence-electron chi connectivity index (χ0n) is 11.2. The number of aromatic carboxylic acids is 1. The van der Waals surface area contributed by atoms with E-state index in [0.29, 0.717) is 12.1 Å². The summed E-state index contributed by atoms with van der Waals surface area (Å²) in [5, 5.41) is 11.4. The SMILES string of the molecule is CCCCN(C(N)=O)n1c(C(=O)O)cc2ccccc21. The van der Waals surface area contributed by atoms with Gasteiger partial charge in [0.2, 0.25) is 0 Å². The Balaban J connectivity index is 2.62. The van der Waals surface area contributed by atoms with Gasteiger partial charge in [0, 0.05) is 11.9 Å². The van der Waals surface area contributed by atoms with Gasteiger partial charge in [-0.05, 0) is 18.6 Å². The number of amides is 2. The van der Waals surface area contributed by atoms with E-state index >= 15 is 0 Å². The lowest BCUT2D eigenvalue weighted by molar-refractivity contribution is 0.0686. The third kappa shape index (κ3) is 2.45. The van der Waals surface area contributed by atoms with Gasteiger partial charge in [0.05, 0.1) is 5.52 Å². The number of primary amides is 1. The number of rotatable bonds is 5. The highest BCUT2D eigenvalue weighted by Gasteiger charge is 2.21. The number of nitrogens with two attached hydrogens (primary N) is 1. The van der Waals surface area contributed by atoms with E-state index in [1.54, 1.807) is 24.3 Å². The molecule has 20 heavy (non-hydrogen) atoms. The highest BCUT2D eigenvalue weighted by molar-refractivity contribution is 5.97. The van der Waals surface area contributed by atoms with Gasteiger partial charge < -0.3 is 10.8 Å². The minimum Gasteiger partial charge on any atom is -0.477 e. The molecular formula is C14H17N3O3. The van der Waals surface area contributed by atoms with Crippen molar-refractivity contribution >= 4 is 22.9 Å². The normalized spacial score (nSPS) is 10.7. The lowest BCUT2D eigenvalue weighted by Gasteiger charge is -2.24. The van der Waals surface area contributed by atoms with Gasteiger partial charge in [-0.1, -0.05) is 31.5 Å². The van der Waals surface area contributed by atoms with Crippen LogP contribution < -0.4 is 10.7 Å². The van der Waals surface area contributed by atoms with E-state index in [-0.39, 0.29) is 5.69 Å². The molecule has 0 saturated carbocycles. The number of hydrogen-bond acceptors (Lipinski definition) is 2. The Morgan fingerprint density at radius 3 is 2.65 bits per heavy atom. The summed E-state index contributed by atoms with van der Waals surface area (Å²) in [5.74, 6) is -1.09. The van der Waals surface area contributed by atoms with E-state index in [4.69, 9.17) is 5.73 Å². The summed E-state index contributed by atoms with van der Waals surface area (Å²) in [4.78, 5) is 23.0. The number of benzene rings is 1. The molecule has 1 aromatic carbocycles. The van der Waals surface area contributed by atoms with E-state index in [1.807, 2.05) is 13.0 Å². The Kier molecular flexibility index (Phi) is 3.93. The maximum Gasteiger partial charge on any atom is 0.354 e. The molecule has 2 rings (SSSR count). The molecule has 2 aromatic rings. The summed E-state index contributed by atoms with van der Waals surface area (Å²) >= 11 is 0. The largest absolute Gasteiger partial charge is 0.477 e. The molecular weight excluding hydrogens is 258 g/mol. The number of nitrogens with zero attached hydrogens (tertiary/aromatic N) is 2. The van der Waals surface area contributed by atoms with E-state index in [9.17, 15) is 14.7 Å². The van der Waals surface area contributed by atoms with Crippen molar-refractivity contribution < 1.29 is 14.7 Å². The highest BCUT2D eigenvalue weighted by atomic mass is 16.4. The Labute approximate surface area is 116 Å². The number of carboxylic acids is 1. The van der Waals surface area contributed by atoms with Crippen LogP contribution in [0.15, 0.2) is 30.3 Å². The standard InChI is InChI=1S/C14H17N3O3/c1-2-3-8-16(14(15)20)17-11-7-5-4-6-10(11)9-12(17)13(18)19/h4-7,9H,2-3,8H2,1H3,(H2,15,20)(H,18,19). The lowest BCUT2D eigenvalue weighted by atomic mass is 10.2. The lowest BCUT2D eigenvalue weighted by Crippen LogP contribution is -2.45. The van der Waals surface area contributed by atoms with Crippen LogP contribution in [-0.2, 0) is 0 Å². The molecule has 0 atom stereocenters. The quantitative estimate of drug-likeness (QED) is 0.876. The molecule has 6 nitrogen and oxygen atoms in total. The van der Waals surface area contributed by atoms with E-state index < -0.39 is 12.0 Å². The predicted octanol–water partition coefficient (Wildman–Crippen LogP) is 2.16. The van der Waals surface area contributed by atoms with Crippen molar-refractivity contribution in [2.24, 2.45) is 5.73 Å². The van der Waals surface area contributed by atoms with Crippen LogP contribution in [-0.4, -0.2) is 28.3 Å². The fourth-order valence-corrected chi connectivity index (χ4v) is 2.17. The van der Waals surface area contributed by atoms with Gasteiger partial charge in [0.25, 0.3) is 0 Å². The Hall–Kier alpha value is -2.50. The third-order valence-corrected chi connectivity index (χ3v) is 3.12. The molecule has 1 aromatic heterocycles. The first-order valence-electron chi connectivity index (χ1n) is 6.47. The Morgan fingerprint density at radius 2 is 2.05 bits per heavy atom. The van der Waals surface area contributed by atoms with E-state index in [0.717, 1.165) is 18.2 Å². The summed E-state index contributed by atoms with van der Waals surface area (Å²) in [6, 6.07) is 8.06. The van der Waals surface area contributed by atoms with E-state index in [1.165, 1.54) is 9.69 Å². The van der Waals surface area contributed by atoms with E-state index in [2.05, 4.69) is 0 Å². The molecule has 0 saturated heterocycles. The second-order valence-electron chi connectivity index (χ2n) is 4.52. The number of carbonyl (C=O) groups excluding carboxylic acids is 1. The molecule has 3 N–H and O–H groups in total. The maximum atomic E-state index is 11.7. The molecule has 1 heterocycles. The van der Waals surface area contributed by atoms with Crippen LogP contribution >= 0.6 is 0 Å². The highest BCUT2D eigenvalue weighted by Crippen LogP contribution is 2.20. The molecule has 106 valence electrons. The second kappa shape index (κ2) is 5.64. The second-order valence-corrected chi connectivity index (χ2v) is 4.52. The zero-order valence-corrected chi connectivity index (χ0v) is 11.2. The van der Waals surface area contributed by atoms with Crippen LogP contribution in [0.5, 0.6) is 0 Å². The molecule has 0 radical (unpaired) electrons. The molecule has 0 spiro atoms. The minimum absolute atomic E-state index is 0.0288. The monoisotopic (exact) mass is 275 g/mol. The van der Waals surface area contributed by atoms with Gasteiger partial charge in [-0.25, -0.2) is 19.3 Å². The minimum atomic E-state index is -1.09. The molecule has 2 amide bonds. The van der Waals surface area contributed by atoms with Crippen molar-refractivity contribution in [2.75, 3.05) is 11.6 Å². The maximum absolute atomic E-state index is 11.7. The van der Waals surface area contributed by atoms with Gasteiger partial charge in [-0.15, -0.1) is 0 Å². The number of unbranched alkanes of at least 4 members (excludes halogenated alkanes) is 1. The Morgan fingerprint density at radius 1 is 1.35 bits per heavy atom. The van der Waals surface area contributed by atoms with Crippen LogP contribution in [0, 0.1) is 0 Å². The molecule has 0 aliphatic rings. The van der Waals surface area contributed by atoms with Gasteiger partial charge in [0.15, 0.2) is 0 Å². The Bertz CT molecular complexity index is 648. The number of aromatic nitrogens is 1. The van der Waals surface area contributed by atoms with Crippen molar-refractivity contribution in [3.8, 4) is 0 Å². The summed E-state index contributed by atoms with van der Waals surface area (Å²) in [6.45, 7) is 2.37. The number of para-hydroxylation sites is 1. The van der Waals surface area contributed by atoms with Crippen LogP contribution in [0.1, 0.15) is 30.3 Å². The first-order valence-corrected chi connectivity index (χ1v) is 6.47. The smallest absolute Gasteiger partial charge is 0.354 e. The fourth-order valence-electron chi connectivity index (χ4n) is 2.17. The summed E-state index contributed by atoms with van der Waals surface area (Å²) in [7, 11) is 0. The number of carbonyl (C=O) groups is 2. The van der Waals surface area contributed by atoms with Crippen molar-refractivity contribution in [2.45, 2.75) is 19.8 Å². The summed E-state index contributed by atoms with van der Waals surface area (Å²) in [5.41, 5.74) is 6.08. The molecule has 0 unspecified atom stereocenters. The molecule has 0 fully saturated rings. The average molecular weight is 275 g/mol. The summed E-state index contributed by atoms with van der Waals surface area (Å²) < 4.78 is 1.38. The van der Waals surface area contributed by atoms with Crippen LogP contribution in [0.3, 0.4) is 0 Å². The van der Waals surface area contributed by atoms with Gasteiger partial charge in [0.1, 0.15) is 5.69 Å². The summed E-state index contributed by atoms with van der Waals surface area (Å²) in [6.07, 6.45) is 1.62. The molecule has 0 aliphatic heterocycles. The van der Waals surface area contributed by atoms with Crippen LogP contribution in [0.4, 0.5) is 4.79 Å². The fraction of sp³-hybridized carbons (Fsp3) is 0.286. The molecule has 0 bridgehead atoms. The van der Waals surface area contributed by atoms with Gasteiger partial charge in [-0.3, -0.25) is 0 Å². The van der Waals surface area contributed by atoms with Crippen molar-refractivity contribution in [3.05, 3.63) is 36.0 Å². The van der Waals surface area contributed by atoms with Gasteiger partial charge >= 0.3 is 12.0 Å². The van der Waals surface area contributed by atoms with Crippen LogP contribution in [0.2, 0.25) is 0 Å². The third-order valence-electron chi connectivity index (χ3n) is 3.12. The first kappa shape index (κ1) is 13.9. The zero-order chi connectivity index (χ0) is 14.7. The van der Waals surface area contributed by atoms with Crippen molar-refractivity contribution in [1.29, 1.82) is 0 Å². The van der Waals surface area contributed by atoms with Crippen molar-refractivity contribution in [1.82, 2.24) is 4.68 Å². The van der Waals surface area contributed by atoms with Gasteiger partial charge in [-0.2, -0.15) is 0 Å². The average Bonchev–Trinajstić information content (AvgIpc) is 2.79. The topological polar surface area (TPSA) is 88.6 Å². The number of hydrogen-bond donors (Lipinski definition) is 2. The van der Waals surface area contributed by atoms with Crippen LogP contribution in [0.25, 0.3) is 10.9 Å². The number of fused-ring (bicyclic) bond motifs is 1. The van der Waals surface area contributed by atoms with Crippen molar-refractivity contribution in [3.63, 3.8) is 0 Å². The first-order chi connectivity index (χ1) is 9.56. The number of carboxylic acid groups (broad SMARTS) is 1. The molecule has 0 aliphatic carbocycles. The predicted molar refractivity (Wildman–Crippen MR) is 76.5 cm³/mol. The molecule has 6 heteroatoms.